The van der Waals surface area contributed by atoms with E-state index in [0.717, 1.165) is 12.8 Å². The van der Waals surface area contributed by atoms with Crippen LogP contribution in [0.5, 0.6) is 0 Å². The minimum Gasteiger partial charge on any atom is -0.345 e. The van der Waals surface area contributed by atoms with Gasteiger partial charge in [0.25, 0.3) is 5.91 Å². The number of carbonyl (C=O) groups excluding carboxylic acids is 2. The van der Waals surface area contributed by atoms with Gasteiger partial charge in [-0.25, -0.2) is 12.8 Å². The maximum atomic E-state index is 13.7. The minimum absolute atomic E-state index is 0.0885. The zero-order chi connectivity index (χ0) is 23.8. The Morgan fingerprint density at radius 2 is 1.73 bits per heavy atom. The van der Waals surface area contributed by atoms with Crippen LogP contribution in [-0.2, 0) is 21.9 Å². The van der Waals surface area contributed by atoms with Crippen LogP contribution in [0.2, 0.25) is 0 Å². The van der Waals surface area contributed by atoms with E-state index in [9.17, 15) is 22.4 Å². The average molecular weight is 477 g/mol. The lowest BCUT2D eigenvalue weighted by molar-refractivity contribution is -0.120. The van der Waals surface area contributed by atoms with Gasteiger partial charge in [-0.05, 0) is 56.4 Å². The maximum absolute atomic E-state index is 13.7. The van der Waals surface area contributed by atoms with Gasteiger partial charge in [0.2, 0.25) is 15.9 Å². The second-order valence-electron chi connectivity index (χ2n) is 8.80. The number of hydrogen-bond acceptors (Lipinski definition) is 4. The van der Waals surface area contributed by atoms with Crippen LogP contribution in [0.1, 0.15) is 41.7 Å². The van der Waals surface area contributed by atoms with Gasteiger partial charge in [-0.1, -0.05) is 6.07 Å². The van der Waals surface area contributed by atoms with E-state index >= 15 is 0 Å². The summed E-state index contributed by atoms with van der Waals surface area (Å²) in [6.45, 7) is 3.43. The van der Waals surface area contributed by atoms with Gasteiger partial charge >= 0.3 is 0 Å². The van der Waals surface area contributed by atoms with Crippen molar-refractivity contribution in [2.24, 2.45) is 13.0 Å². The SMILES string of the molecule is Cc1ccc(NC(=O)C2CCN(S(=O)(=O)c3cc(C(=O)N4CCCC4)n(C)c3)CC2)cc1F. The highest BCUT2D eigenvalue weighted by molar-refractivity contribution is 7.89. The van der Waals surface area contributed by atoms with Crippen LogP contribution in [0.25, 0.3) is 0 Å². The van der Waals surface area contributed by atoms with E-state index in [4.69, 9.17) is 0 Å². The number of likely N-dealkylation sites (tertiary alicyclic amines) is 1. The number of nitrogens with zero attached hydrogens (tertiary/aromatic N) is 3. The third-order valence-corrected chi connectivity index (χ3v) is 8.36. The number of piperidine rings is 1. The normalized spacial score (nSPS) is 18.0. The molecule has 0 radical (unpaired) electrons. The molecule has 2 aromatic rings. The van der Waals surface area contributed by atoms with Crippen LogP contribution in [-0.4, -0.2) is 60.2 Å². The summed E-state index contributed by atoms with van der Waals surface area (Å²) in [5, 5.41) is 2.72. The lowest BCUT2D eigenvalue weighted by Crippen LogP contribution is -2.41. The van der Waals surface area contributed by atoms with Crippen molar-refractivity contribution >= 4 is 27.5 Å². The summed E-state index contributed by atoms with van der Waals surface area (Å²) in [7, 11) is -2.11. The fourth-order valence-electron chi connectivity index (χ4n) is 4.39. The second-order valence-corrected chi connectivity index (χ2v) is 10.7. The van der Waals surface area contributed by atoms with E-state index in [1.54, 1.807) is 35.6 Å². The van der Waals surface area contributed by atoms with E-state index in [1.165, 1.54) is 22.6 Å². The zero-order valence-corrected chi connectivity index (χ0v) is 19.7. The van der Waals surface area contributed by atoms with Crippen molar-refractivity contribution in [1.82, 2.24) is 13.8 Å². The molecule has 1 aromatic heterocycles. The predicted molar refractivity (Wildman–Crippen MR) is 122 cm³/mol. The summed E-state index contributed by atoms with van der Waals surface area (Å²) < 4.78 is 43.0. The first kappa shape index (κ1) is 23.4. The number of hydrogen-bond donors (Lipinski definition) is 1. The van der Waals surface area contributed by atoms with Crippen molar-refractivity contribution < 1.29 is 22.4 Å². The van der Waals surface area contributed by atoms with E-state index in [1.807, 2.05) is 0 Å². The van der Waals surface area contributed by atoms with Gasteiger partial charge in [0, 0.05) is 51.0 Å². The Balaban J connectivity index is 1.39. The molecule has 0 unspecified atom stereocenters. The smallest absolute Gasteiger partial charge is 0.270 e. The Bertz CT molecular complexity index is 1160. The molecule has 2 fully saturated rings. The van der Waals surface area contributed by atoms with E-state index in [0.29, 0.717) is 42.9 Å². The van der Waals surface area contributed by atoms with Gasteiger partial charge in [-0.3, -0.25) is 9.59 Å². The van der Waals surface area contributed by atoms with Crippen LogP contribution in [0.3, 0.4) is 0 Å². The molecule has 8 nitrogen and oxygen atoms in total. The molecule has 178 valence electrons. The van der Waals surface area contributed by atoms with Gasteiger partial charge < -0.3 is 14.8 Å². The van der Waals surface area contributed by atoms with Crippen molar-refractivity contribution in [2.45, 2.75) is 37.5 Å². The lowest BCUT2D eigenvalue weighted by atomic mass is 9.97. The predicted octanol–water partition coefficient (Wildman–Crippen LogP) is 2.75. The molecule has 0 saturated carbocycles. The van der Waals surface area contributed by atoms with Crippen LogP contribution < -0.4 is 5.32 Å². The van der Waals surface area contributed by atoms with Gasteiger partial charge in [-0.15, -0.1) is 0 Å². The Morgan fingerprint density at radius 1 is 1.06 bits per heavy atom. The Hall–Kier alpha value is -2.72. The first-order chi connectivity index (χ1) is 15.7. The van der Waals surface area contributed by atoms with Gasteiger partial charge in [-0.2, -0.15) is 4.31 Å². The summed E-state index contributed by atoms with van der Waals surface area (Å²) in [5.41, 5.74) is 1.24. The average Bonchev–Trinajstić information content (AvgIpc) is 3.46. The molecule has 4 rings (SSSR count). The summed E-state index contributed by atoms with van der Waals surface area (Å²) in [4.78, 5) is 27.1. The lowest BCUT2D eigenvalue weighted by Gasteiger charge is -2.30. The molecule has 0 atom stereocenters. The highest BCUT2D eigenvalue weighted by Crippen LogP contribution is 2.27. The Labute approximate surface area is 193 Å². The number of sulfonamides is 1. The molecule has 2 aliphatic rings. The van der Waals surface area contributed by atoms with Crippen LogP contribution in [0.4, 0.5) is 10.1 Å². The first-order valence-corrected chi connectivity index (χ1v) is 12.6. The minimum atomic E-state index is -3.78. The number of carbonyl (C=O) groups is 2. The first-order valence-electron chi connectivity index (χ1n) is 11.2. The topological polar surface area (TPSA) is 91.7 Å². The molecule has 2 saturated heterocycles. The van der Waals surface area contributed by atoms with Gasteiger partial charge in [0.1, 0.15) is 16.4 Å². The molecule has 1 aromatic carbocycles. The molecule has 2 aliphatic heterocycles. The molecule has 0 spiro atoms. The number of nitrogens with one attached hydrogen (secondary N) is 1. The molecule has 0 bridgehead atoms. The van der Waals surface area contributed by atoms with Crippen LogP contribution in [0.15, 0.2) is 35.4 Å². The number of aromatic nitrogens is 1. The van der Waals surface area contributed by atoms with Crippen molar-refractivity contribution in [3.05, 3.63) is 47.5 Å². The maximum Gasteiger partial charge on any atom is 0.270 e. The van der Waals surface area contributed by atoms with E-state index < -0.39 is 10.0 Å². The van der Waals surface area contributed by atoms with Crippen molar-refractivity contribution in [2.75, 3.05) is 31.5 Å². The van der Waals surface area contributed by atoms with Gasteiger partial charge in [0.15, 0.2) is 0 Å². The standard InChI is InChI=1S/C23H29FN4O4S/c1-16-5-6-18(13-20(16)24)25-22(29)17-7-11-28(12-8-17)33(31,32)19-14-21(26(2)15-19)23(30)27-9-3-4-10-27/h5-6,13-15,17H,3-4,7-12H2,1-2H3,(H,25,29). The number of benzene rings is 1. The molecule has 10 heteroatoms. The molecule has 3 heterocycles. The number of aryl methyl sites for hydroxylation is 2. The van der Waals surface area contributed by atoms with E-state index in [2.05, 4.69) is 5.32 Å². The fraction of sp³-hybridized carbons (Fsp3) is 0.478. The van der Waals surface area contributed by atoms with Crippen molar-refractivity contribution in [3.63, 3.8) is 0 Å². The largest absolute Gasteiger partial charge is 0.345 e. The van der Waals surface area contributed by atoms with E-state index in [-0.39, 0.29) is 41.5 Å². The number of amides is 2. The molecule has 1 N–H and O–H groups in total. The summed E-state index contributed by atoms with van der Waals surface area (Å²) in [6.07, 6.45) is 4.13. The monoisotopic (exact) mass is 476 g/mol. The van der Waals surface area contributed by atoms with Gasteiger partial charge in [0.05, 0.1) is 0 Å². The number of anilines is 1. The third-order valence-electron chi connectivity index (χ3n) is 6.49. The second kappa shape index (κ2) is 9.26. The van der Waals surface area contributed by atoms with Crippen molar-refractivity contribution in [3.8, 4) is 0 Å². The van der Waals surface area contributed by atoms with Crippen LogP contribution >= 0.6 is 0 Å². The summed E-state index contributed by atoms with van der Waals surface area (Å²) >= 11 is 0. The molecule has 33 heavy (non-hydrogen) atoms. The molecule has 2 amide bonds. The highest BCUT2D eigenvalue weighted by Gasteiger charge is 2.34. The number of rotatable bonds is 5. The van der Waals surface area contributed by atoms with Crippen LogP contribution in [0, 0.1) is 18.7 Å². The third kappa shape index (κ3) is 4.81. The quantitative estimate of drug-likeness (QED) is 0.718. The summed E-state index contributed by atoms with van der Waals surface area (Å²) in [5.74, 6) is -1.14. The number of halogens is 1. The zero-order valence-electron chi connectivity index (χ0n) is 18.9. The van der Waals surface area contributed by atoms with Crippen molar-refractivity contribution in [1.29, 1.82) is 0 Å². The summed E-state index contributed by atoms with van der Waals surface area (Å²) in [6, 6.07) is 5.97. The Kier molecular flexibility index (Phi) is 6.58. The fourth-order valence-corrected chi connectivity index (χ4v) is 5.93. The molecule has 0 aliphatic carbocycles. The molecular weight excluding hydrogens is 447 g/mol. The Morgan fingerprint density at radius 3 is 2.36 bits per heavy atom. The molecular formula is C23H29FN4O4S. The highest BCUT2D eigenvalue weighted by atomic mass is 32.2.